The second-order valence-electron chi connectivity index (χ2n) is 3.67. The molecule has 90 valence electrons. The molecule has 0 spiro atoms. The first-order valence-electron chi connectivity index (χ1n) is 5.38. The zero-order valence-electron chi connectivity index (χ0n) is 9.30. The van der Waals surface area contributed by atoms with Gasteiger partial charge in [-0.05, 0) is 39.5 Å². The molecule has 6 heteroatoms. The Labute approximate surface area is 116 Å². The van der Waals surface area contributed by atoms with E-state index in [4.69, 9.17) is 0 Å². The average Bonchev–Trinajstić information content (AvgIpc) is 2.82. The molecule has 1 N–H and O–H groups in total. The first-order valence-corrected chi connectivity index (χ1v) is 7.05. The van der Waals surface area contributed by atoms with E-state index in [1.165, 1.54) is 4.88 Å². The predicted molar refractivity (Wildman–Crippen MR) is 76.7 cm³/mol. The summed E-state index contributed by atoms with van der Waals surface area (Å²) in [6, 6.07) is 9.72. The van der Waals surface area contributed by atoms with Crippen LogP contribution in [-0.2, 0) is 6.54 Å². The summed E-state index contributed by atoms with van der Waals surface area (Å²) in [6.07, 6.45) is 0. The molecule has 1 aromatic carbocycles. The highest BCUT2D eigenvalue weighted by atomic mass is 79.9. The van der Waals surface area contributed by atoms with Gasteiger partial charge < -0.3 is 5.32 Å². The Morgan fingerprint density at radius 3 is 2.72 bits per heavy atom. The Bertz CT molecular complexity index is 682. The molecule has 18 heavy (non-hydrogen) atoms. The molecule has 0 radical (unpaired) electrons. The van der Waals surface area contributed by atoms with Crippen LogP contribution in [0, 0.1) is 0 Å². The van der Waals surface area contributed by atoms with Crippen molar-refractivity contribution in [1.29, 1.82) is 0 Å². The van der Waals surface area contributed by atoms with Gasteiger partial charge in [0.05, 0.1) is 12.1 Å². The smallest absolute Gasteiger partial charge is 0.243 e. The minimum Gasteiger partial charge on any atom is -0.348 e. The molecule has 0 unspecified atom stereocenters. The normalized spacial score (nSPS) is 10.7. The van der Waals surface area contributed by atoms with Crippen LogP contribution in [0.4, 0.5) is 5.95 Å². The van der Waals surface area contributed by atoms with Crippen LogP contribution in [0.3, 0.4) is 0 Å². The van der Waals surface area contributed by atoms with Crippen LogP contribution in [0.5, 0.6) is 0 Å². The first-order chi connectivity index (χ1) is 8.83. The van der Waals surface area contributed by atoms with Crippen molar-refractivity contribution in [2.45, 2.75) is 6.54 Å². The van der Waals surface area contributed by atoms with Gasteiger partial charge in [-0.25, -0.2) is 4.98 Å². The van der Waals surface area contributed by atoms with Crippen molar-refractivity contribution in [2.24, 2.45) is 0 Å². The summed E-state index contributed by atoms with van der Waals surface area (Å²) in [7, 11) is 0. The van der Waals surface area contributed by atoms with Gasteiger partial charge >= 0.3 is 0 Å². The van der Waals surface area contributed by atoms with Crippen LogP contribution in [0.15, 0.2) is 40.2 Å². The second kappa shape index (κ2) is 4.99. The van der Waals surface area contributed by atoms with Crippen LogP contribution < -0.4 is 5.32 Å². The molecule has 0 aliphatic rings. The number of nitrogens with zero attached hydrogens (tertiary/aromatic N) is 3. The number of hydrogen-bond acceptors (Lipinski definition) is 5. The van der Waals surface area contributed by atoms with Crippen LogP contribution in [0.1, 0.15) is 4.88 Å². The van der Waals surface area contributed by atoms with Crippen molar-refractivity contribution in [1.82, 2.24) is 15.2 Å². The molecule has 2 heterocycles. The number of benzene rings is 1. The van der Waals surface area contributed by atoms with Gasteiger partial charge in [0, 0.05) is 9.35 Å². The Hall–Kier alpha value is -1.53. The number of hydrogen-bond donors (Lipinski definition) is 1. The van der Waals surface area contributed by atoms with Crippen molar-refractivity contribution >= 4 is 44.2 Å². The lowest BCUT2D eigenvalue weighted by Gasteiger charge is -2.03. The fraction of sp³-hybridized carbons (Fsp3) is 0.0833. The SMILES string of the molecule is Brc1ccsc1CNc1nnc2ccccc2n1. The number of thiophene rings is 1. The molecule has 4 nitrogen and oxygen atoms in total. The molecular formula is C12H9BrN4S. The number of halogens is 1. The van der Waals surface area contributed by atoms with Gasteiger partial charge in [0.15, 0.2) is 0 Å². The summed E-state index contributed by atoms with van der Waals surface area (Å²) >= 11 is 5.18. The quantitative estimate of drug-likeness (QED) is 0.803. The van der Waals surface area contributed by atoms with Crippen LogP contribution in [0.2, 0.25) is 0 Å². The van der Waals surface area contributed by atoms with E-state index in [0.717, 1.165) is 15.5 Å². The molecule has 0 amide bonds. The van der Waals surface area contributed by atoms with Crippen molar-refractivity contribution < 1.29 is 0 Å². The van der Waals surface area contributed by atoms with E-state index in [1.54, 1.807) is 11.3 Å². The predicted octanol–water partition coefficient (Wildman–Crippen LogP) is 3.46. The molecule has 3 rings (SSSR count). The maximum Gasteiger partial charge on any atom is 0.243 e. The summed E-state index contributed by atoms with van der Waals surface area (Å²) in [5, 5.41) is 13.4. The summed E-state index contributed by atoms with van der Waals surface area (Å²) in [6.45, 7) is 0.693. The number of anilines is 1. The standard InChI is InChI=1S/C12H9BrN4S/c13-8-5-6-18-11(8)7-14-12-15-9-3-1-2-4-10(9)16-17-12/h1-6H,7H2,(H,14,15,17). The van der Waals surface area contributed by atoms with Gasteiger partial charge in [-0.2, -0.15) is 0 Å². The second-order valence-corrected chi connectivity index (χ2v) is 5.52. The zero-order chi connectivity index (χ0) is 12.4. The van der Waals surface area contributed by atoms with Gasteiger partial charge in [-0.15, -0.1) is 21.5 Å². The molecule has 0 saturated carbocycles. The molecule has 0 fully saturated rings. The van der Waals surface area contributed by atoms with Crippen molar-refractivity contribution in [3.05, 3.63) is 45.1 Å². The first kappa shape index (κ1) is 11.6. The van der Waals surface area contributed by atoms with Gasteiger partial charge in [-0.3, -0.25) is 0 Å². The van der Waals surface area contributed by atoms with Crippen LogP contribution >= 0.6 is 27.3 Å². The van der Waals surface area contributed by atoms with Crippen LogP contribution in [0.25, 0.3) is 11.0 Å². The Morgan fingerprint density at radius 1 is 1.11 bits per heavy atom. The molecular weight excluding hydrogens is 312 g/mol. The van der Waals surface area contributed by atoms with Crippen LogP contribution in [-0.4, -0.2) is 15.2 Å². The van der Waals surface area contributed by atoms with E-state index in [0.29, 0.717) is 12.5 Å². The minimum atomic E-state index is 0.550. The number of aromatic nitrogens is 3. The van der Waals surface area contributed by atoms with Gasteiger partial charge in [-0.1, -0.05) is 12.1 Å². The van der Waals surface area contributed by atoms with E-state index < -0.39 is 0 Å². The highest BCUT2D eigenvalue weighted by molar-refractivity contribution is 9.10. The van der Waals surface area contributed by atoms with Crippen molar-refractivity contribution in [3.8, 4) is 0 Å². The molecule has 0 aliphatic carbocycles. The largest absolute Gasteiger partial charge is 0.348 e. The van der Waals surface area contributed by atoms with Crippen molar-refractivity contribution in [3.63, 3.8) is 0 Å². The molecule has 2 aromatic heterocycles. The summed E-state index contributed by atoms with van der Waals surface area (Å²) in [5.74, 6) is 0.550. The van der Waals surface area contributed by atoms with Gasteiger partial charge in [0.1, 0.15) is 5.52 Å². The number of nitrogens with one attached hydrogen (secondary N) is 1. The average molecular weight is 321 g/mol. The maximum atomic E-state index is 4.41. The summed E-state index contributed by atoms with van der Waals surface area (Å²) in [4.78, 5) is 5.62. The summed E-state index contributed by atoms with van der Waals surface area (Å²) in [5.41, 5.74) is 1.65. The highest BCUT2D eigenvalue weighted by Crippen LogP contribution is 2.23. The van der Waals surface area contributed by atoms with E-state index in [2.05, 4.69) is 36.4 Å². The van der Waals surface area contributed by atoms with Gasteiger partial charge in [0.2, 0.25) is 5.95 Å². The molecule has 0 saturated heterocycles. The van der Waals surface area contributed by atoms with E-state index in [-0.39, 0.29) is 0 Å². The third-order valence-electron chi connectivity index (χ3n) is 2.46. The monoisotopic (exact) mass is 320 g/mol. The Kier molecular flexibility index (Phi) is 3.21. The molecule has 0 bridgehead atoms. The minimum absolute atomic E-state index is 0.550. The third kappa shape index (κ3) is 2.34. The van der Waals surface area contributed by atoms with E-state index in [1.807, 2.05) is 35.7 Å². The highest BCUT2D eigenvalue weighted by Gasteiger charge is 2.03. The lowest BCUT2D eigenvalue weighted by atomic mass is 10.3. The third-order valence-corrected chi connectivity index (χ3v) is 4.38. The molecule has 3 aromatic rings. The molecule has 0 atom stereocenters. The summed E-state index contributed by atoms with van der Waals surface area (Å²) < 4.78 is 1.11. The fourth-order valence-corrected chi connectivity index (χ4v) is 3.00. The lowest BCUT2D eigenvalue weighted by Crippen LogP contribution is -2.04. The lowest BCUT2D eigenvalue weighted by molar-refractivity contribution is 0.989. The van der Waals surface area contributed by atoms with Gasteiger partial charge in [0.25, 0.3) is 0 Å². The number of rotatable bonds is 3. The topological polar surface area (TPSA) is 50.7 Å². The molecule has 0 aliphatic heterocycles. The van der Waals surface area contributed by atoms with E-state index in [9.17, 15) is 0 Å². The maximum absolute atomic E-state index is 4.41. The number of fused-ring (bicyclic) bond motifs is 1. The Morgan fingerprint density at radius 2 is 1.94 bits per heavy atom. The zero-order valence-corrected chi connectivity index (χ0v) is 11.7. The van der Waals surface area contributed by atoms with Crippen molar-refractivity contribution in [2.75, 3.05) is 5.32 Å². The van der Waals surface area contributed by atoms with E-state index >= 15 is 0 Å². The Balaban J connectivity index is 1.81. The number of para-hydroxylation sites is 1. The fourth-order valence-electron chi connectivity index (χ4n) is 1.57.